The molecular weight excluding hydrogens is 430 g/mol. The van der Waals surface area contributed by atoms with Gasteiger partial charge in [-0.05, 0) is 42.5 Å². The van der Waals surface area contributed by atoms with Crippen LogP contribution >= 0.6 is 11.6 Å². The SMILES string of the molecule is COCCNC(=O)c1ccc(NCC(=O)Nc2ccccc2Oc2ccccc2)cc1Cl. The third-order valence-electron chi connectivity index (χ3n) is 4.39. The number of carbonyl (C=O) groups is 2. The first-order valence-corrected chi connectivity index (χ1v) is 10.4. The normalized spacial score (nSPS) is 10.3. The standard InChI is InChI=1S/C24H24ClN3O4/c1-31-14-13-26-24(30)19-12-11-17(15-20(19)25)27-16-23(29)28-21-9-5-6-10-22(21)32-18-7-3-2-4-8-18/h2-12,15,27H,13-14,16H2,1H3,(H,26,30)(H,28,29). The monoisotopic (exact) mass is 453 g/mol. The van der Waals surface area contributed by atoms with Crippen LogP contribution in [0.2, 0.25) is 5.02 Å². The lowest BCUT2D eigenvalue weighted by Crippen LogP contribution is -2.27. The van der Waals surface area contributed by atoms with Gasteiger partial charge in [0.1, 0.15) is 5.75 Å². The van der Waals surface area contributed by atoms with E-state index in [1.54, 1.807) is 37.4 Å². The summed E-state index contributed by atoms with van der Waals surface area (Å²) in [5.41, 5.74) is 1.53. The first-order valence-electron chi connectivity index (χ1n) is 9.99. The van der Waals surface area contributed by atoms with Crippen molar-refractivity contribution < 1.29 is 19.1 Å². The fourth-order valence-electron chi connectivity index (χ4n) is 2.82. The van der Waals surface area contributed by atoms with Gasteiger partial charge >= 0.3 is 0 Å². The molecule has 7 nitrogen and oxygen atoms in total. The second kappa shape index (κ2) is 11.7. The lowest BCUT2D eigenvalue weighted by atomic mass is 10.2. The van der Waals surface area contributed by atoms with E-state index in [0.717, 1.165) is 0 Å². The molecule has 2 amide bonds. The van der Waals surface area contributed by atoms with Gasteiger partial charge in [-0.15, -0.1) is 0 Å². The van der Waals surface area contributed by atoms with Crippen molar-refractivity contribution in [2.45, 2.75) is 0 Å². The molecule has 0 aliphatic heterocycles. The highest BCUT2D eigenvalue weighted by Gasteiger charge is 2.12. The van der Waals surface area contributed by atoms with Crippen molar-refractivity contribution in [1.29, 1.82) is 0 Å². The molecule has 0 fully saturated rings. The summed E-state index contributed by atoms with van der Waals surface area (Å²) in [5, 5.41) is 8.84. The highest BCUT2D eigenvalue weighted by molar-refractivity contribution is 6.34. The Balaban J connectivity index is 1.56. The molecule has 0 saturated carbocycles. The van der Waals surface area contributed by atoms with Gasteiger partial charge in [-0.3, -0.25) is 9.59 Å². The maximum absolute atomic E-state index is 12.5. The maximum Gasteiger partial charge on any atom is 0.252 e. The van der Waals surface area contributed by atoms with Crippen molar-refractivity contribution in [3.63, 3.8) is 0 Å². The van der Waals surface area contributed by atoms with Crippen molar-refractivity contribution in [2.75, 3.05) is 37.4 Å². The third kappa shape index (κ3) is 6.73. The number of para-hydroxylation sites is 3. The molecule has 0 spiro atoms. The minimum Gasteiger partial charge on any atom is -0.455 e. The molecule has 3 aromatic carbocycles. The zero-order valence-corrected chi connectivity index (χ0v) is 18.3. The molecule has 0 saturated heterocycles. The number of methoxy groups -OCH3 is 1. The Hall–Kier alpha value is -3.55. The molecule has 8 heteroatoms. The topological polar surface area (TPSA) is 88.7 Å². The fourth-order valence-corrected chi connectivity index (χ4v) is 3.09. The summed E-state index contributed by atoms with van der Waals surface area (Å²) in [6.45, 7) is 0.814. The van der Waals surface area contributed by atoms with Crippen LogP contribution in [-0.4, -0.2) is 38.6 Å². The maximum atomic E-state index is 12.5. The van der Waals surface area contributed by atoms with E-state index < -0.39 is 0 Å². The van der Waals surface area contributed by atoms with Crippen LogP contribution in [0.4, 0.5) is 11.4 Å². The summed E-state index contributed by atoms with van der Waals surface area (Å²) in [4.78, 5) is 24.6. The Morgan fingerprint density at radius 1 is 0.969 bits per heavy atom. The van der Waals surface area contributed by atoms with Gasteiger partial charge in [-0.25, -0.2) is 0 Å². The van der Waals surface area contributed by atoms with Crippen molar-refractivity contribution in [3.05, 3.63) is 83.4 Å². The average Bonchev–Trinajstić information content (AvgIpc) is 2.80. The Morgan fingerprint density at radius 2 is 1.72 bits per heavy atom. The van der Waals surface area contributed by atoms with Crippen molar-refractivity contribution in [3.8, 4) is 11.5 Å². The van der Waals surface area contributed by atoms with Gasteiger partial charge in [-0.2, -0.15) is 0 Å². The van der Waals surface area contributed by atoms with Crippen LogP contribution in [0.1, 0.15) is 10.4 Å². The van der Waals surface area contributed by atoms with Crippen LogP contribution in [0.3, 0.4) is 0 Å². The number of anilines is 2. The Bertz CT molecular complexity index is 1060. The number of benzene rings is 3. The molecule has 0 aliphatic rings. The van der Waals surface area contributed by atoms with Crippen LogP contribution in [0.15, 0.2) is 72.8 Å². The van der Waals surface area contributed by atoms with Crippen molar-refractivity contribution >= 4 is 34.8 Å². The van der Waals surface area contributed by atoms with E-state index in [-0.39, 0.29) is 23.4 Å². The fraction of sp³-hybridized carbons (Fsp3) is 0.167. The van der Waals surface area contributed by atoms with E-state index in [4.69, 9.17) is 21.1 Å². The van der Waals surface area contributed by atoms with E-state index in [1.165, 1.54) is 0 Å². The highest BCUT2D eigenvalue weighted by atomic mass is 35.5. The van der Waals surface area contributed by atoms with Crippen molar-refractivity contribution in [1.82, 2.24) is 5.32 Å². The number of nitrogens with one attached hydrogen (secondary N) is 3. The predicted molar refractivity (Wildman–Crippen MR) is 126 cm³/mol. The van der Waals surface area contributed by atoms with E-state index in [2.05, 4.69) is 16.0 Å². The summed E-state index contributed by atoms with van der Waals surface area (Å²) in [7, 11) is 1.56. The quantitative estimate of drug-likeness (QED) is 0.392. The molecule has 0 aliphatic carbocycles. The molecule has 0 aromatic heterocycles. The second-order valence-corrected chi connectivity index (χ2v) is 7.16. The molecule has 32 heavy (non-hydrogen) atoms. The number of carbonyl (C=O) groups excluding carboxylic acids is 2. The number of halogens is 1. The third-order valence-corrected chi connectivity index (χ3v) is 4.70. The van der Waals surface area contributed by atoms with Gasteiger partial charge in [0, 0.05) is 19.3 Å². The van der Waals surface area contributed by atoms with Gasteiger partial charge in [0.15, 0.2) is 5.75 Å². The molecule has 3 rings (SSSR count). The second-order valence-electron chi connectivity index (χ2n) is 6.76. The summed E-state index contributed by atoms with van der Waals surface area (Å²) < 4.78 is 10.8. The van der Waals surface area contributed by atoms with Crippen molar-refractivity contribution in [2.24, 2.45) is 0 Å². The number of ether oxygens (including phenoxy) is 2. The van der Waals surface area contributed by atoms with Crippen LogP contribution < -0.4 is 20.7 Å². The van der Waals surface area contributed by atoms with E-state index in [1.807, 2.05) is 42.5 Å². The summed E-state index contributed by atoms with van der Waals surface area (Å²) >= 11 is 6.23. The summed E-state index contributed by atoms with van der Waals surface area (Å²) in [6.07, 6.45) is 0. The molecule has 3 aromatic rings. The number of rotatable bonds is 10. The molecule has 0 heterocycles. The molecule has 166 valence electrons. The molecule has 3 N–H and O–H groups in total. The van der Waals surface area contributed by atoms with E-state index in [0.29, 0.717) is 41.6 Å². The lowest BCUT2D eigenvalue weighted by Gasteiger charge is -2.13. The van der Waals surface area contributed by atoms with Gasteiger partial charge in [-0.1, -0.05) is 41.9 Å². The van der Waals surface area contributed by atoms with E-state index in [9.17, 15) is 9.59 Å². The van der Waals surface area contributed by atoms with Gasteiger partial charge < -0.3 is 25.4 Å². The minimum atomic E-state index is -0.286. The smallest absolute Gasteiger partial charge is 0.252 e. The van der Waals surface area contributed by atoms with Gasteiger partial charge in [0.05, 0.1) is 29.4 Å². The summed E-state index contributed by atoms with van der Waals surface area (Å²) in [5.74, 6) is 0.672. The zero-order chi connectivity index (χ0) is 22.8. The minimum absolute atomic E-state index is 0.00931. The van der Waals surface area contributed by atoms with Crippen LogP contribution in [-0.2, 0) is 9.53 Å². The molecule has 0 bridgehead atoms. The molecule has 0 radical (unpaired) electrons. The van der Waals surface area contributed by atoms with E-state index >= 15 is 0 Å². The zero-order valence-electron chi connectivity index (χ0n) is 17.6. The largest absolute Gasteiger partial charge is 0.455 e. The highest BCUT2D eigenvalue weighted by Crippen LogP contribution is 2.29. The Kier molecular flexibility index (Phi) is 8.48. The predicted octanol–water partition coefficient (Wildman–Crippen LogP) is 4.56. The van der Waals surface area contributed by atoms with Crippen LogP contribution in [0, 0.1) is 0 Å². The lowest BCUT2D eigenvalue weighted by molar-refractivity contribution is -0.114. The summed E-state index contributed by atoms with van der Waals surface area (Å²) in [6, 6.07) is 21.4. The number of hydrogen-bond acceptors (Lipinski definition) is 5. The molecular formula is C24H24ClN3O4. The Morgan fingerprint density at radius 3 is 2.47 bits per heavy atom. The first kappa shape index (κ1) is 23.1. The number of hydrogen-bond donors (Lipinski definition) is 3. The van der Waals surface area contributed by atoms with Crippen LogP contribution in [0.25, 0.3) is 0 Å². The molecule has 0 unspecified atom stereocenters. The van der Waals surface area contributed by atoms with Gasteiger partial charge in [0.2, 0.25) is 5.91 Å². The van der Waals surface area contributed by atoms with Crippen LogP contribution in [0.5, 0.6) is 11.5 Å². The van der Waals surface area contributed by atoms with Gasteiger partial charge in [0.25, 0.3) is 5.91 Å². The Labute approximate surface area is 191 Å². The molecule has 0 atom stereocenters. The number of amides is 2. The average molecular weight is 454 g/mol. The first-order chi connectivity index (χ1) is 15.6.